The SMILES string of the molecule is CC1CCC(Oc2cc(C#N)ccn2)CN1C(=O)c1cccc(F)c1-n1nccn1. The second-order valence-electron chi connectivity index (χ2n) is 7.07. The molecule has 30 heavy (non-hydrogen) atoms. The summed E-state index contributed by atoms with van der Waals surface area (Å²) in [6.07, 6.45) is 5.54. The van der Waals surface area contributed by atoms with Crippen LogP contribution in [0.3, 0.4) is 0 Å². The van der Waals surface area contributed by atoms with E-state index in [4.69, 9.17) is 10.00 Å². The van der Waals surface area contributed by atoms with Gasteiger partial charge in [-0.25, -0.2) is 9.37 Å². The number of carbonyl (C=O) groups is 1. The average molecular weight is 406 g/mol. The average Bonchev–Trinajstić information content (AvgIpc) is 3.29. The summed E-state index contributed by atoms with van der Waals surface area (Å²) in [6, 6.07) is 9.51. The van der Waals surface area contributed by atoms with Crippen molar-refractivity contribution in [3.05, 3.63) is 65.9 Å². The summed E-state index contributed by atoms with van der Waals surface area (Å²) in [5.74, 6) is -0.554. The Morgan fingerprint density at radius 1 is 1.23 bits per heavy atom. The van der Waals surface area contributed by atoms with E-state index in [1.165, 1.54) is 30.7 Å². The predicted octanol–water partition coefficient (Wildman–Crippen LogP) is 2.75. The molecule has 152 valence electrons. The molecule has 2 unspecified atom stereocenters. The number of piperidine rings is 1. The molecule has 4 rings (SSSR count). The number of carbonyl (C=O) groups excluding carboxylic acids is 1. The maximum Gasteiger partial charge on any atom is 0.256 e. The van der Waals surface area contributed by atoms with Crippen LogP contribution in [0.1, 0.15) is 35.7 Å². The van der Waals surface area contributed by atoms with Crippen molar-refractivity contribution in [3.8, 4) is 17.6 Å². The zero-order chi connectivity index (χ0) is 21.1. The van der Waals surface area contributed by atoms with Crippen molar-refractivity contribution in [2.45, 2.75) is 31.9 Å². The van der Waals surface area contributed by atoms with Crippen molar-refractivity contribution in [2.75, 3.05) is 6.54 Å². The largest absolute Gasteiger partial charge is 0.472 e. The van der Waals surface area contributed by atoms with Gasteiger partial charge in [0.25, 0.3) is 5.91 Å². The summed E-state index contributed by atoms with van der Waals surface area (Å²) in [4.78, 5) is 20.3. The molecule has 1 saturated heterocycles. The normalized spacial score (nSPS) is 18.6. The molecule has 2 atom stereocenters. The van der Waals surface area contributed by atoms with Gasteiger partial charge in [-0.2, -0.15) is 15.5 Å². The second-order valence-corrected chi connectivity index (χ2v) is 7.07. The Morgan fingerprint density at radius 2 is 2.03 bits per heavy atom. The molecule has 0 spiro atoms. The third-order valence-corrected chi connectivity index (χ3v) is 5.09. The van der Waals surface area contributed by atoms with Crippen LogP contribution in [-0.2, 0) is 0 Å². The quantitative estimate of drug-likeness (QED) is 0.661. The highest BCUT2D eigenvalue weighted by Gasteiger charge is 2.33. The molecule has 0 bridgehead atoms. The van der Waals surface area contributed by atoms with E-state index in [-0.39, 0.29) is 29.3 Å². The van der Waals surface area contributed by atoms with Gasteiger partial charge in [-0.3, -0.25) is 4.79 Å². The Bertz CT molecular complexity index is 1100. The Kier molecular flexibility index (Phi) is 5.39. The van der Waals surface area contributed by atoms with Gasteiger partial charge in [-0.1, -0.05) is 6.07 Å². The van der Waals surface area contributed by atoms with Gasteiger partial charge in [0, 0.05) is 18.3 Å². The van der Waals surface area contributed by atoms with Crippen LogP contribution in [0.4, 0.5) is 4.39 Å². The number of nitriles is 1. The Hall–Kier alpha value is -3.80. The molecule has 1 fully saturated rings. The number of benzene rings is 1. The first kappa shape index (κ1) is 19.5. The molecule has 0 N–H and O–H groups in total. The molecule has 1 aliphatic rings. The number of para-hydroxylation sites is 1. The zero-order valence-electron chi connectivity index (χ0n) is 16.3. The number of hydrogen-bond donors (Lipinski definition) is 0. The minimum absolute atomic E-state index is 0.0196. The van der Waals surface area contributed by atoms with E-state index in [1.807, 2.05) is 6.92 Å². The first-order valence-corrected chi connectivity index (χ1v) is 9.56. The number of likely N-dealkylation sites (tertiary alicyclic amines) is 1. The van der Waals surface area contributed by atoms with Crippen molar-refractivity contribution < 1.29 is 13.9 Å². The Morgan fingerprint density at radius 3 is 2.80 bits per heavy atom. The van der Waals surface area contributed by atoms with Crippen LogP contribution >= 0.6 is 0 Å². The maximum atomic E-state index is 14.5. The van der Waals surface area contributed by atoms with Crippen molar-refractivity contribution in [2.24, 2.45) is 0 Å². The van der Waals surface area contributed by atoms with E-state index in [1.54, 1.807) is 23.1 Å². The molecule has 1 aromatic carbocycles. The third-order valence-electron chi connectivity index (χ3n) is 5.09. The highest BCUT2D eigenvalue weighted by Crippen LogP contribution is 2.26. The fourth-order valence-electron chi connectivity index (χ4n) is 3.54. The number of aromatic nitrogens is 4. The number of halogens is 1. The van der Waals surface area contributed by atoms with Crippen molar-refractivity contribution in [1.29, 1.82) is 5.26 Å². The molecule has 9 heteroatoms. The van der Waals surface area contributed by atoms with Gasteiger partial charge in [0.15, 0.2) is 5.82 Å². The van der Waals surface area contributed by atoms with E-state index in [0.29, 0.717) is 18.0 Å². The van der Waals surface area contributed by atoms with Gasteiger partial charge in [-0.05, 0) is 38.0 Å². The van der Waals surface area contributed by atoms with Crippen LogP contribution in [-0.4, -0.2) is 49.5 Å². The standard InChI is InChI=1S/C21H19FN6O2/c1-14-5-6-16(30-19-11-15(12-23)7-8-24-19)13-27(14)21(29)17-3-2-4-18(22)20(17)28-25-9-10-26-28/h2-4,7-11,14,16H,5-6,13H2,1H3. The summed E-state index contributed by atoms with van der Waals surface area (Å²) < 4.78 is 20.5. The maximum absolute atomic E-state index is 14.5. The van der Waals surface area contributed by atoms with Crippen LogP contribution in [0.2, 0.25) is 0 Å². The molecule has 1 amide bonds. The number of hydrogen-bond acceptors (Lipinski definition) is 6. The third kappa shape index (κ3) is 3.85. The molecule has 8 nitrogen and oxygen atoms in total. The lowest BCUT2D eigenvalue weighted by Crippen LogP contribution is -2.49. The highest BCUT2D eigenvalue weighted by molar-refractivity contribution is 5.98. The first-order valence-electron chi connectivity index (χ1n) is 9.56. The van der Waals surface area contributed by atoms with E-state index < -0.39 is 5.82 Å². The molecule has 0 saturated carbocycles. The molecule has 1 aliphatic heterocycles. The van der Waals surface area contributed by atoms with Gasteiger partial charge in [-0.15, -0.1) is 4.80 Å². The highest BCUT2D eigenvalue weighted by atomic mass is 19.1. The summed E-state index contributed by atoms with van der Waals surface area (Å²) in [5, 5.41) is 17.0. The van der Waals surface area contributed by atoms with Crippen molar-refractivity contribution in [1.82, 2.24) is 24.9 Å². The van der Waals surface area contributed by atoms with E-state index >= 15 is 0 Å². The molecule has 0 radical (unpaired) electrons. The summed E-state index contributed by atoms with van der Waals surface area (Å²) in [5.41, 5.74) is 0.655. The Labute approximate surface area is 172 Å². The Balaban J connectivity index is 1.58. The summed E-state index contributed by atoms with van der Waals surface area (Å²) >= 11 is 0. The lowest BCUT2D eigenvalue weighted by atomic mass is 9.99. The van der Waals surface area contributed by atoms with Gasteiger partial charge >= 0.3 is 0 Å². The monoisotopic (exact) mass is 406 g/mol. The zero-order valence-corrected chi connectivity index (χ0v) is 16.3. The lowest BCUT2D eigenvalue weighted by Gasteiger charge is -2.38. The van der Waals surface area contributed by atoms with Crippen LogP contribution in [0.15, 0.2) is 48.9 Å². The lowest BCUT2D eigenvalue weighted by molar-refractivity contribution is 0.0372. The number of nitrogens with zero attached hydrogens (tertiary/aromatic N) is 6. The molecule has 3 aromatic rings. The number of rotatable bonds is 4. The van der Waals surface area contributed by atoms with E-state index in [0.717, 1.165) is 17.6 Å². The van der Waals surface area contributed by atoms with Gasteiger partial charge in [0.05, 0.1) is 36.1 Å². The second kappa shape index (κ2) is 8.29. The minimum Gasteiger partial charge on any atom is -0.472 e. The topological polar surface area (TPSA) is 96.9 Å². The van der Waals surface area contributed by atoms with Crippen molar-refractivity contribution >= 4 is 5.91 Å². The van der Waals surface area contributed by atoms with Gasteiger partial charge < -0.3 is 9.64 Å². The van der Waals surface area contributed by atoms with Crippen LogP contribution in [0, 0.1) is 17.1 Å². The number of amides is 1. The van der Waals surface area contributed by atoms with Crippen LogP contribution in [0.5, 0.6) is 5.88 Å². The number of ether oxygens (including phenoxy) is 1. The molecular weight excluding hydrogens is 387 g/mol. The van der Waals surface area contributed by atoms with Gasteiger partial charge in [0.1, 0.15) is 11.8 Å². The fourth-order valence-corrected chi connectivity index (χ4v) is 3.54. The predicted molar refractivity (Wildman–Crippen MR) is 104 cm³/mol. The molecule has 2 aromatic heterocycles. The van der Waals surface area contributed by atoms with Crippen molar-refractivity contribution in [3.63, 3.8) is 0 Å². The summed E-state index contributed by atoms with van der Waals surface area (Å²) in [7, 11) is 0. The fraction of sp³-hybridized carbons (Fsp3) is 0.286. The smallest absolute Gasteiger partial charge is 0.256 e. The molecule has 0 aliphatic carbocycles. The first-order chi connectivity index (χ1) is 14.6. The van der Waals surface area contributed by atoms with Gasteiger partial charge in [0.2, 0.25) is 5.88 Å². The van der Waals surface area contributed by atoms with E-state index in [2.05, 4.69) is 21.3 Å². The van der Waals surface area contributed by atoms with E-state index in [9.17, 15) is 9.18 Å². The van der Waals surface area contributed by atoms with Crippen LogP contribution in [0.25, 0.3) is 5.69 Å². The molecule has 3 heterocycles. The summed E-state index contributed by atoms with van der Waals surface area (Å²) in [6.45, 7) is 2.27. The van der Waals surface area contributed by atoms with Crippen LogP contribution < -0.4 is 4.74 Å². The number of pyridine rings is 1. The minimum atomic E-state index is -0.577. The molecular formula is C21H19FN6O2.